The molecule has 1 nitrogen and oxygen atoms in total. The Balaban J connectivity index is 2.34. The van der Waals surface area contributed by atoms with Gasteiger partial charge in [0.25, 0.3) is 0 Å². The summed E-state index contributed by atoms with van der Waals surface area (Å²) >= 11 is 0. The van der Waals surface area contributed by atoms with Gasteiger partial charge in [-0.15, -0.1) is 0 Å². The second-order valence-corrected chi connectivity index (χ2v) is 4.80. The second-order valence-electron chi connectivity index (χ2n) is 4.80. The van der Waals surface area contributed by atoms with Crippen LogP contribution >= 0.6 is 0 Å². The topological polar surface area (TPSA) is 12.0 Å². The maximum Gasteiger partial charge on any atom is 0.248 e. The molecule has 0 aromatic heterocycles. The summed E-state index contributed by atoms with van der Waals surface area (Å²) in [5.74, 6) is -1.97. The summed E-state index contributed by atoms with van der Waals surface area (Å²) in [7, 11) is 0. The van der Waals surface area contributed by atoms with Gasteiger partial charge in [-0.3, -0.25) is 0 Å². The van der Waals surface area contributed by atoms with Crippen LogP contribution in [0.3, 0.4) is 0 Å². The zero-order valence-electron chi connectivity index (χ0n) is 9.32. The summed E-state index contributed by atoms with van der Waals surface area (Å²) < 4.78 is 25.8. The lowest BCUT2D eigenvalue weighted by molar-refractivity contribution is -0.0490. The fraction of sp³-hybridized carbons (Fsp3) is 1.00. The minimum Gasteiger partial charge on any atom is -0.312 e. The predicted molar refractivity (Wildman–Crippen MR) is 54.6 cm³/mol. The van der Waals surface area contributed by atoms with Gasteiger partial charge in [-0.2, -0.15) is 0 Å². The Kier molecular flexibility index (Phi) is 3.87. The van der Waals surface area contributed by atoms with Gasteiger partial charge in [-0.05, 0) is 25.7 Å². The zero-order valence-corrected chi connectivity index (χ0v) is 9.32. The molecule has 0 aromatic rings. The van der Waals surface area contributed by atoms with Gasteiger partial charge in [0.2, 0.25) is 5.92 Å². The summed E-state index contributed by atoms with van der Waals surface area (Å²) in [5.41, 5.74) is 0. The lowest BCUT2D eigenvalue weighted by atomic mass is 9.82. The van der Waals surface area contributed by atoms with Crippen LogP contribution in [0.25, 0.3) is 0 Å². The highest BCUT2D eigenvalue weighted by Crippen LogP contribution is 2.37. The van der Waals surface area contributed by atoms with Crippen molar-refractivity contribution >= 4 is 0 Å². The molecule has 0 bridgehead atoms. The second kappa shape index (κ2) is 4.56. The molecule has 0 saturated heterocycles. The van der Waals surface area contributed by atoms with Crippen molar-refractivity contribution in [3.05, 3.63) is 0 Å². The van der Waals surface area contributed by atoms with Crippen molar-refractivity contribution in [2.45, 2.75) is 64.5 Å². The van der Waals surface area contributed by atoms with E-state index in [1.54, 1.807) is 0 Å². The van der Waals surface area contributed by atoms with Gasteiger partial charge in [0, 0.05) is 24.9 Å². The molecule has 1 unspecified atom stereocenters. The smallest absolute Gasteiger partial charge is 0.248 e. The molecule has 1 aliphatic rings. The maximum atomic E-state index is 12.9. The zero-order chi connectivity index (χ0) is 10.8. The Bertz CT molecular complexity index is 170. The van der Waals surface area contributed by atoms with Gasteiger partial charge < -0.3 is 5.32 Å². The van der Waals surface area contributed by atoms with Gasteiger partial charge in [0.1, 0.15) is 0 Å². The summed E-state index contributed by atoms with van der Waals surface area (Å²) in [5, 5.41) is 3.39. The highest BCUT2D eigenvalue weighted by atomic mass is 19.3. The van der Waals surface area contributed by atoms with E-state index in [4.69, 9.17) is 0 Å². The molecule has 1 N–H and O–H groups in total. The van der Waals surface area contributed by atoms with Crippen LogP contribution < -0.4 is 5.32 Å². The first-order chi connectivity index (χ1) is 6.41. The number of rotatable bonds is 3. The van der Waals surface area contributed by atoms with Crippen LogP contribution in [0.1, 0.15) is 46.5 Å². The highest BCUT2D eigenvalue weighted by Gasteiger charge is 2.36. The van der Waals surface area contributed by atoms with Crippen LogP contribution in [-0.2, 0) is 0 Å². The average molecular weight is 205 g/mol. The fourth-order valence-electron chi connectivity index (χ4n) is 2.22. The van der Waals surface area contributed by atoms with Crippen molar-refractivity contribution in [2.75, 3.05) is 0 Å². The number of hydrogen-bond donors (Lipinski definition) is 1. The first kappa shape index (κ1) is 11.9. The van der Waals surface area contributed by atoms with Gasteiger partial charge >= 0.3 is 0 Å². The molecule has 14 heavy (non-hydrogen) atoms. The Morgan fingerprint density at radius 2 is 1.64 bits per heavy atom. The molecule has 0 aliphatic heterocycles. The molecular formula is C11H21F2N. The molecule has 3 heteroatoms. The van der Waals surface area contributed by atoms with E-state index in [1.807, 2.05) is 0 Å². The number of hydrogen-bond acceptors (Lipinski definition) is 1. The molecule has 1 atom stereocenters. The largest absolute Gasteiger partial charge is 0.312 e. The normalized spacial score (nSPS) is 25.3. The van der Waals surface area contributed by atoms with Crippen molar-refractivity contribution in [3.8, 4) is 0 Å². The third kappa shape index (κ3) is 3.52. The van der Waals surface area contributed by atoms with Gasteiger partial charge in [-0.1, -0.05) is 13.8 Å². The summed E-state index contributed by atoms with van der Waals surface area (Å²) in [4.78, 5) is 0. The molecule has 0 heterocycles. The average Bonchev–Trinajstić information content (AvgIpc) is 2.02. The molecule has 0 spiro atoms. The van der Waals surface area contributed by atoms with Crippen LogP contribution in [0.2, 0.25) is 0 Å². The summed E-state index contributed by atoms with van der Waals surface area (Å²) in [6.07, 6.45) is 1.46. The van der Waals surface area contributed by atoms with Crippen LogP contribution in [0, 0.1) is 5.92 Å². The molecule has 1 saturated carbocycles. The third-order valence-electron chi connectivity index (χ3n) is 3.07. The Labute approximate surface area is 85.3 Å². The number of nitrogens with one attached hydrogen (secondary N) is 1. The van der Waals surface area contributed by atoms with Crippen LogP contribution in [0.5, 0.6) is 0 Å². The Morgan fingerprint density at radius 3 is 2.07 bits per heavy atom. The third-order valence-corrected chi connectivity index (χ3v) is 3.07. The van der Waals surface area contributed by atoms with Crippen molar-refractivity contribution in [3.63, 3.8) is 0 Å². The number of halogens is 2. The van der Waals surface area contributed by atoms with E-state index >= 15 is 0 Å². The Morgan fingerprint density at radius 1 is 1.14 bits per heavy atom. The van der Waals surface area contributed by atoms with Gasteiger partial charge in [-0.25, -0.2) is 8.78 Å². The molecule has 0 amide bonds. The number of alkyl halides is 2. The molecule has 1 rings (SSSR count). The minimum absolute atomic E-state index is 0.0712. The van der Waals surface area contributed by atoms with E-state index in [1.165, 1.54) is 0 Å². The van der Waals surface area contributed by atoms with E-state index in [9.17, 15) is 8.78 Å². The van der Waals surface area contributed by atoms with Crippen LogP contribution in [0.4, 0.5) is 8.78 Å². The summed E-state index contributed by atoms with van der Waals surface area (Å²) in [6.45, 7) is 6.29. The first-order valence-electron chi connectivity index (χ1n) is 5.54. The summed E-state index contributed by atoms with van der Waals surface area (Å²) in [6, 6.07) is 0.804. The van der Waals surface area contributed by atoms with Crippen molar-refractivity contribution in [2.24, 2.45) is 5.92 Å². The van der Waals surface area contributed by atoms with E-state index in [-0.39, 0.29) is 12.8 Å². The van der Waals surface area contributed by atoms with E-state index in [2.05, 4.69) is 26.1 Å². The lowest BCUT2D eigenvalue weighted by Crippen LogP contribution is -2.41. The van der Waals surface area contributed by atoms with Crippen molar-refractivity contribution < 1.29 is 8.78 Å². The highest BCUT2D eigenvalue weighted by molar-refractivity contribution is 4.83. The molecule has 0 radical (unpaired) electrons. The standard InChI is InChI=1S/C11H21F2N/c1-8(2)14-9(3)10-4-6-11(12,13)7-5-10/h8-10,14H,4-7H2,1-3H3. The van der Waals surface area contributed by atoms with Gasteiger partial charge in [0.15, 0.2) is 0 Å². The molecule has 1 fully saturated rings. The van der Waals surface area contributed by atoms with E-state index < -0.39 is 5.92 Å². The fourth-order valence-corrected chi connectivity index (χ4v) is 2.22. The predicted octanol–water partition coefficient (Wildman–Crippen LogP) is 3.20. The van der Waals surface area contributed by atoms with E-state index in [0.717, 1.165) is 0 Å². The molecule has 1 aliphatic carbocycles. The van der Waals surface area contributed by atoms with Crippen LogP contribution in [0.15, 0.2) is 0 Å². The molecule has 84 valence electrons. The first-order valence-corrected chi connectivity index (χ1v) is 5.54. The maximum absolute atomic E-state index is 12.9. The lowest BCUT2D eigenvalue weighted by Gasteiger charge is -2.33. The SMILES string of the molecule is CC(C)NC(C)C1CCC(F)(F)CC1. The van der Waals surface area contributed by atoms with Crippen molar-refractivity contribution in [1.29, 1.82) is 0 Å². The quantitative estimate of drug-likeness (QED) is 0.746. The van der Waals surface area contributed by atoms with Crippen LogP contribution in [-0.4, -0.2) is 18.0 Å². The molecule has 0 aromatic carbocycles. The van der Waals surface area contributed by atoms with Gasteiger partial charge in [0.05, 0.1) is 0 Å². The monoisotopic (exact) mass is 205 g/mol. The minimum atomic E-state index is -2.39. The Hall–Kier alpha value is -0.180. The van der Waals surface area contributed by atoms with E-state index in [0.29, 0.717) is 30.8 Å². The molecular weight excluding hydrogens is 184 g/mol. The van der Waals surface area contributed by atoms with Crippen molar-refractivity contribution in [1.82, 2.24) is 5.32 Å².